The highest BCUT2D eigenvalue weighted by Gasteiger charge is 2.50. The lowest BCUT2D eigenvalue weighted by Gasteiger charge is -2.23. The number of nitrogens with zero attached hydrogens (tertiary/aromatic N) is 6. The van der Waals surface area contributed by atoms with Gasteiger partial charge >= 0.3 is 30.4 Å². The molecule has 0 bridgehead atoms. The lowest BCUT2D eigenvalue weighted by Crippen LogP contribution is -2.35. The number of fused-ring (bicyclic) bond motifs is 2. The van der Waals surface area contributed by atoms with Gasteiger partial charge in [0.1, 0.15) is 42.2 Å². The first-order valence-electron chi connectivity index (χ1n) is 21.6. The molecule has 1 aliphatic rings. The summed E-state index contributed by atoms with van der Waals surface area (Å²) in [7, 11) is 0. The van der Waals surface area contributed by atoms with E-state index in [0.717, 1.165) is 12.1 Å². The zero-order valence-corrected chi connectivity index (χ0v) is 41.0. The van der Waals surface area contributed by atoms with Crippen LogP contribution in [0.2, 0.25) is 5.02 Å². The van der Waals surface area contributed by atoms with Crippen LogP contribution in [0.5, 0.6) is 0 Å². The number of alkyl halides is 8. The molecule has 2 aromatic carbocycles. The molecule has 392 valence electrons. The smallest absolute Gasteiger partial charge is 0.435 e. The van der Waals surface area contributed by atoms with Crippen LogP contribution in [0.4, 0.5) is 54.5 Å². The molecule has 6 rings (SSSR count). The summed E-state index contributed by atoms with van der Waals surface area (Å²) in [5.41, 5.74) is -4.83. The Morgan fingerprint density at radius 2 is 1.56 bits per heavy atom. The van der Waals surface area contributed by atoms with E-state index in [-0.39, 0.29) is 56.0 Å². The summed E-state index contributed by atoms with van der Waals surface area (Å²) in [4.78, 5) is 55.4. The maximum atomic E-state index is 15.2. The van der Waals surface area contributed by atoms with Crippen molar-refractivity contribution in [2.45, 2.75) is 107 Å². The normalized spacial score (nSPS) is 13.9. The molecule has 27 heteroatoms. The van der Waals surface area contributed by atoms with Gasteiger partial charge in [-0.05, 0) is 99.6 Å². The van der Waals surface area contributed by atoms with Crippen LogP contribution in [-0.2, 0) is 57.2 Å². The van der Waals surface area contributed by atoms with Crippen LogP contribution in [0.1, 0.15) is 85.9 Å². The topological polar surface area (TPSA) is 182 Å². The van der Waals surface area contributed by atoms with Crippen LogP contribution >= 0.6 is 35.3 Å². The Balaban J connectivity index is 1.58. The first-order chi connectivity index (χ1) is 34.0. The Bertz CT molecular complexity index is 2970. The molecule has 1 aliphatic carbocycles. The highest BCUT2D eigenvalue weighted by Crippen LogP contribution is 2.47. The SMILES string of the molecule is CSN(C(=O)OC(CCC(=O)O)CCC(=O)O)c1nn(CC(F)(F)F)c2c(-c3ccc(C#CC(C)(C)SC)nc3C(Cc3cc(F)cc(F)c3)NC(=O)Cn3nc(C(F)(F)F)c4c3C(F)(F)CC4)ccc(Cl)c12. The van der Waals surface area contributed by atoms with Crippen molar-refractivity contribution in [1.82, 2.24) is 29.9 Å². The van der Waals surface area contributed by atoms with Gasteiger partial charge in [-0.15, -0.1) is 11.8 Å². The van der Waals surface area contributed by atoms with Gasteiger partial charge in [-0.25, -0.2) is 18.6 Å². The van der Waals surface area contributed by atoms with E-state index < -0.39 is 144 Å². The number of carbonyl (C=O) groups is 4. The minimum atomic E-state index is -5.19. The van der Waals surface area contributed by atoms with Crippen LogP contribution in [0.25, 0.3) is 22.0 Å². The second kappa shape index (κ2) is 22.1. The predicted octanol–water partition coefficient (Wildman–Crippen LogP) is 10.8. The standard InChI is InChI=1S/C46H42ClF10N7O7S2/c1-43(2,72-3)15-13-26-5-8-28(29-9-10-31(47)36-38(29)63(22-45(52,53)54)61-41(36)64(73-4)42(70)71-27(6-11-34(66)67)7-12-35(68)69)37(58-26)32(19-23-17-24(48)20-25(49)18-23)59-33(65)21-62-40-30(14-16-44(40,50)51)39(60-62)46(55,56)57/h5,8-10,17-18,20,27,32H,6-7,11-12,14,16,19,21-22H2,1-4H3,(H,59,65)(H,66,67)(H,68,69). The highest BCUT2D eigenvalue weighted by atomic mass is 35.5. The summed E-state index contributed by atoms with van der Waals surface area (Å²) in [5, 5.41) is 27.9. The fourth-order valence-electron chi connectivity index (χ4n) is 7.92. The number of halogens is 11. The molecule has 14 nitrogen and oxygen atoms in total. The molecule has 3 aromatic heterocycles. The summed E-state index contributed by atoms with van der Waals surface area (Å²) in [5.74, 6) is -4.54. The summed E-state index contributed by atoms with van der Waals surface area (Å²) >= 11 is 8.66. The first-order valence-corrected chi connectivity index (χ1v) is 24.4. The second-order valence-electron chi connectivity index (χ2n) is 17.0. The van der Waals surface area contributed by atoms with Gasteiger partial charge in [0.15, 0.2) is 11.5 Å². The third kappa shape index (κ3) is 13.7. The van der Waals surface area contributed by atoms with E-state index in [4.69, 9.17) is 16.3 Å². The molecule has 0 aliphatic heterocycles. The van der Waals surface area contributed by atoms with Crippen LogP contribution in [0.3, 0.4) is 0 Å². The van der Waals surface area contributed by atoms with Crippen LogP contribution in [-0.4, -0.2) is 88.2 Å². The van der Waals surface area contributed by atoms with Gasteiger partial charge in [0.25, 0.3) is 5.92 Å². The van der Waals surface area contributed by atoms with Crippen molar-refractivity contribution in [3.05, 3.63) is 93.0 Å². The Morgan fingerprint density at radius 1 is 0.932 bits per heavy atom. The Morgan fingerprint density at radius 3 is 2.14 bits per heavy atom. The molecule has 73 heavy (non-hydrogen) atoms. The minimum absolute atomic E-state index is 0.0312. The summed E-state index contributed by atoms with van der Waals surface area (Å²) in [6.45, 7) is 0.446. The van der Waals surface area contributed by atoms with E-state index in [1.165, 1.54) is 42.3 Å². The number of pyridine rings is 1. The number of thioether (sulfide) groups is 1. The highest BCUT2D eigenvalue weighted by molar-refractivity contribution is 8.00. The number of aliphatic carboxylic acids is 2. The summed E-state index contributed by atoms with van der Waals surface area (Å²) in [6, 6.07) is 5.74. The van der Waals surface area contributed by atoms with Crippen LogP contribution in [0, 0.1) is 23.5 Å². The van der Waals surface area contributed by atoms with Gasteiger partial charge in [0.05, 0.1) is 32.4 Å². The average Bonchev–Trinajstić information content (AvgIpc) is 3.94. The number of rotatable bonds is 18. The largest absolute Gasteiger partial charge is 0.481 e. The number of benzene rings is 2. The van der Waals surface area contributed by atoms with Gasteiger partial charge in [-0.1, -0.05) is 23.6 Å². The Labute approximate surface area is 422 Å². The van der Waals surface area contributed by atoms with Crippen molar-refractivity contribution in [2.24, 2.45) is 0 Å². The molecular formula is C46H42ClF10N7O7S2. The van der Waals surface area contributed by atoms with Crippen molar-refractivity contribution < 1.29 is 78.0 Å². The number of hydrogen-bond donors (Lipinski definition) is 3. The molecule has 0 spiro atoms. The molecule has 1 atom stereocenters. The fourth-order valence-corrected chi connectivity index (χ4v) is 8.81. The van der Waals surface area contributed by atoms with Gasteiger partial charge in [-0.3, -0.25) is 23.7 Å². The fraction of sp³-hybridized carbons (Fsp3) is 0.413. The Kier molecular flexibility index (Phi) is 17.0. The maximum Gasteiger partial charge on any atom is 0.435 e. The van der Waals surface area contributed by atoms with E-state index >= 15 is 8.78 Å². The molecule has 0 saturated carbocycles. The second-order valence-corrected chi connectivity index (χ2v) is 19.6. The van der Waals surface area contributed by atoms with Crippen molar-refractivity contribution in [3.8, 4) is 23.0 Å². The molecule has 0 radical (unpaired) electrons. The van der Waals surface area contributed by atoms with Gasteiger partial charge < -0.3 is 20.3 Å². The third-order valence-electron chi connectivity index (χ3n) is 11.2. The van der Waals surface area contributed by atoms with Crippen molar-refractivity contribution in [2.75, 3.05) is 16.8 Å². The monoisotopic (exact) mass is 1090 g/mol. The number of carboxylic acids is 2. The number of aromatic nitrogens is 5. The van der Waals surface area contributed by atoms with E-state index in [0.29, 0.717) is 27.0 Å². The first kappa shape index (κ1) is 56.1. The van der Waals surface area contributed by atoms with E-state index in [2.05, 4.69) is 32.3 Å². The number of ether oxygens (including phenoxy) is 1. The van der Waals surface area contributed by atoms with Crippen LogP contribution in [0.15, 0.2) is 42.5 Å². The molecule has 3 N–H and O–H groups in total. The molecule has 2 amide bonds. The molecule has 1 unspecified atom stereocenters. The zero-order chi connectivity index (χ0) is 54.0. The molecular weight excluding hydrogens is 1050 g/mol. The minimum Gasteiger partial charge on any atom is -0.481 e. The average molecular weight is 1090 g/mol. The third-order valence-corrected chi connectivity index (χ3v) is 13.3. The van der Waals surface area contributed by atoms with Gasteiger partial charge in [0, 0.05) is 48.3 Å². The van der Waals surface area contributed by atoms with Gasteiger partial charge in [-0.2, -0.15) is 49.6 Å². The summed E-state index contributed by atoms with van der Waals surface area (Å²) in [6.07, 6.45) is -13.9. The predicted molar refractivity (Wildman–Crippen MR) is 249 cm³/mol. The number of carbonyl (C=O) groups excluding carboxylic acids is 2. The molecule has 0 fully saturated rings. The van der Waals surface area contributed by atoms with Crippen molar-refractivity contribution >= 4 is 76.0 Å². The Hall–Kier alpha value is -6.20. The number of nitrogens with one attached hydrogen (secondary N) is 1. The van der Waals surface area contributed by atoms with Crippen LogP contribution < -0.4 is 9.62 Å². The van der Waals surface area contributed by atoms with Crippen molar-refractivity contribution in [1.29, 1.82) is 0 Å². The molecule has 3 heterocycles. The lowest BCUT2D eigenvalue weighted by molar-refractivity contribution is -0.143. The number of amides is 2. The van der Waals surface area contributed by atoms with E-state index in [1.807, 2.05) is 0 Å². The lowest BCUT2D eigenvalue weighted by atomic mass is 9.93. The number of carboxylic acid groups (broad SMARTS) is 2. The molecule has 0 saturated heterocycles. The number of hydrogen-bond acceptors (Lipinski definition) is 10. The zero-order valence-electron chi connectivity index (χ0n) is 38.7. The van der Waals surface area contributed by atoms with E-state index in [1.54, 1.807) is 20.1 Å². The quantitative estimate of drug-likeness (QED) is 0.0430. The van der Waals surface area contributed by atoms with Crippen molar-refractivity contribution in [3.63, 3.8) is 0 Å². The van der Waals surface area contributed by atoms with Gasteiger partial charge in [0.2, 0.25) is 5.91 Å². The number of anilines is 1. The maximum absolute atomic E-state index is 15.2. The molecule has 5 aromatic rings. The summed E-state index contributed by atoms with van der Waals surface area (Å²) < 4.78 is 152. The van der Waals surface area contributed by atoms with E-state index in [9.17, 15) is 64.5 Å².